The first-order valence-corrected chi connectivity index (χ1v) is 11.1. The van der Waals surface area contributed by atoms with Gasteiger partial charge in [-0.3, -0.25) is 9.59 Å². The number of hydrogen-bond acceptors (Lipinski definition) is 4. The molecule has 1 aliphatic heterocycles. The summed E-state index contributed by atoms with van der Waals surface area (Å²) in [7, 11) is 0. The van der Waals surface area contributed by atoms with E-state index in [0.717, 1.165) is 17.3 Å². The van der Waals surface area contributed by atoms with Crippen molar-refractivity contribution in [3.05, 3.63) is 104 Å². The Kier molecular flexibility index (Phi) is 6.95. The number of nitrogens with zero attached hydrogens (tertiary/aromatic N) is 1. The number of aliphatic imine (C=N–C) groups is 1. The fraction of sp³-hybridized carbons (Fsp3) is 0.0417. The lowest BCUT2D eigenvalue weighted by Crippen LogP contribution is -2.20. The molecule has 0 atom stereocenters. The lowest BCUT2D eigenvalue weighted by atomic mass is 10.2. The van der Waals surface area contributed by atoms with Crippen molar-refractivity contribution in [3.63, 3.8) is 0 Å². The first kappa shape index (κ1) is 22.1. The first-order chi connectivity index (χ1) is 15.5. The van der Waals surface area contributed by atoms with Gasteiger partial charge >= 0.3 is 0 Å². The monoisotopic (exact) mass is 482 g/mol. The van der Waals surface area contributed by atoms with Crippen molar-refractivity contribution >= 4 is 58.0 Å². The summed E-state index contributed by atoms with van der Waals surface area (Å²) >= 11 is 13.3. The summed E-state index contributed by atoms with van der Waals surface area (Å²) in [6, 6.07) is 21.2. The molecule has 0 saturated carbocycles. The summed E-state index contributed by atoms with van der Waals surface area (Å²) in [5, 5.41) is 3.94. The molecule has 2 amide bonds. The van der Waals surface area contributed by atoms with Gasteiger partial charge in [0, 0.05) is 26.7 Å². The van der Waals surface area contributed by atoms with E-state index in [-0.39, 0.29) is 17.7 Å². The molecule has 0 radical (unpaired) electrons. The van der Waals surface area contributed by atoms with E-state index in [4.69, 9.17) is 27.9 Å². The average Bonchev–Trinajstić information content (AvgIpc) is 3.13. The minimum absolute atomic E-state index is 0.237. The second-order valence-corrected chi connectivity index (χ2v) is 8.59. The van der Waals surface area contributed by atoms with Gasteiger partial charge in [-0.2, -0.15) is 4.99 Å². The van der Waals surface area contributed by atoms with Crippen LogP contribution in [0.5, 0.6) is 5.75 Å². The number of carbonyl (C=O) groups is 2. The second kappa shape index (κ2) is 10.0. The van der Waals surface area contributed by atoms with E-state index in [1.807, 2.05) is 30.3 Å². The molecular formula is C24H16Cl2N2O3S. The van der Waals surface area contributed by atoms with Crippen molar-refractivity contribution in [1.29, 1.82) is 0 Å². The molecule has 0 aliphatic carbocycles. The summed E-state index contributed by atoms with van der Waals surface area (Å²) in [6.45, 7) is 0.244. The molecule has 1 heterocycles. The lowest BCUT2D eigenvalue weighted by Gasteiger charge is -2.11. The Morgan fingerprint density at radius 2 is 1.78 bits per heavy atom. The average molecular weight is 483 g/mol. The molecule has 1 aliphatic rings. The maximum Gasteiger partial charge on any atom is 0.279 e. The van der Waals surface area contributed by atoms with Crippen LogP contribution in [0.1, 0.15) is 21.5 Å². The van der Waals surface area contributed by atoms with Crippen molar-refractivity contribution in [2.75, 3.05) is 0 Å². The highest BCUT2D eigenvalue weighted by atomic mass is 35.5. The molecular weight excluding hydrogens is 467 g/mol. The van der Waals surface area contributed by atoms with Crippen molar-refractivity contribution in [2.45, 2.75) is 6.61 Å². The van der Waals surface area contributed by atoms with Gasteiger partial charge in [0.05, 0.1) is 4.91 Å². The standard InChI is InChI=1S/C24H16Cl2N2O3S/c25-18-11-10-17(19(26)13-18)14-31-20-9-5-4-8-16(20)12-21-23(30)28-24(32-21)27-22(29)15-6-2-1-3-7-15/h1-13H,14H2,(H,27,28,29,30)/b21-12-. The van der Waals surface area contributed by atoms with Gasteiger partial charge in [0.15, 0.2) is 5.17 Å². The summed E-state index contributed by atoms with van der Waals surface area (Å²) in [5.74, 6) is -0.159. The van der Waals surface area contributed by atoms with E-state index < -0.39 is 5.91 Å². The number of thioether (sulfide) groups is 1. The molecule has 8 heteroatoms. The van der Waals surface area contributed by atoms with Crippen LogP contribution in [0.15, 0.2) is 82.7 Å². The van der Waals surface area contributed by atoms with Crippen LogP contribution in [-0.4, -0.2) is 17.0 Å². The number of ether oxygens (including phenoxy) is 1. The number of nitrogens with one attached hydrogen (secondary N) is 1. The van der Waals surface area contributed by atoms with Crippen molar-refractivity contribution in [1.82, 2.24) is 5.32 Å². The van der Waals surface area contributed by atoms with E-state index >= 15 is 0 Å². The number of hydrogen-bond donors (Lipinski definition) is 1. The van der Waals surface area contributed by atoms with Crippen molar-refractivity contribution in [2.24, 2.45) is 4.99 Å². The fourth-order valence-electron chi connectivity index (χ4n) is 2.88. The van der Waals surface area contributed by atoms with Crippen LogP contribution in [0.4, 0.5) is 0 Å². The Hall–Kier alpha value is -3.06. The predicted octanol–water partition coefficient (Wildman–Crippen LogP) is 5.97. The Bertz CT molecular complexity index is 1240. The molecule has 0 aromatic heterocycles. The van der Waals surface area contributed by atoms with Crippen LogP contribution >= 0.6 is 35.0 Å². The fourth-order valence-corrected chi connectivity index (χ4v) is 4.16. The zero-order valence-corrected chi connectivity index (χ0v) is 18.9. The highest BCUT2D eigenvalue weighted by Gasteiger charge is 2.25. The van der Waals surface area contributed by atoms with E-state index in [1.165, 1.54) is 0 Å². The van der Waals surface area contributed by atoms with Crippen LogP contribution in [0.2, 0.25) is 10.0 Å². The largest absolute Gasteiger partial charge is 0.488 e. The van der Waals surface area contributed by atoms with E-state index in [0.29, 0.717) is 31.8 Å². The van der Waals surface area contributed by atoms with Crippen LogP contribution in [0.3, 0.4) is 0 Å². The number of amides is 2. The normalized spacial score (nSPS) is 15.8. The van der Waals surface area contributed by atoms with E-state index in [1.54, 1.807) is 48.5 Å². The Morgan fingerprint density at radius 1 is 1.03 bits per heavy atom. The Balaban J connectivity index is 1.51. The molecule has 3 aromatic carbocycles. The Morgan fingerprint density at radius 3 is 2.56 bits per heavy atom. The van der Waals surface area contributed by atoms with Gasteiger partial charge in [-0.05, 0) is 48.2 Å². The minimum Gasteiger partial charge on any atom is -0.488 e. The quantitative estimate of drug-likeness (QED) is 0.454. The third kappa shape index (κ3) is 5.40. The molecule has 0 spiro atoms. The number of rotatable bonds is 5. The smallest absolute Gasteiger partial charge is 0.279 e. The van der Waals surface area contributed by atoms with Crippen LogP contribution in [-0.2, 0) is 11.4 Å². The second-order valence-electron chi connectivity index (χ2n) is 6.72. The SMILES string of the molecule is O=C1NC(=NC(=O)c2ccccc2)S/C1=C\c1ccccc1OCc1ccc(Cl)cc1Cl. The molecule has 3 aromatic rings. The molecule has 1 N–H and O–H groups in total. The number of amidine groups is 1. The molecule has 32 heavy (non-hydrogen) atoms. The lowest BCUT2D eigenvalue weighted by molar-refractivity contribution is -0.115. The molecule has 0 unspecified atom stereocenters. The summed E-state index contributed by atoms with van der Waals surface area (Å²) < 4.78 is 5.94. The maximum absolute atomic E-state index is 12.4. The van der Waals surface area contributed by atoms with Crippen molar-refractivity contribution < 1.29 is 14.3 Å². The molecule has 1 saturated heterocycles. The Labute approximate surface area is 199 Å². The predicted molar refractivity (Wildman–Crippen MR) is 129 cm³/mol. The summed E-state index contributed by atoms with van der Waals surface area (Å²) in [4.78, 5) is 29.1. The van der Waals surface area contributed by atoms with E-state index in [9.17, 15) is 9.59 Å². The van der Waals surface area contributed by atoms with Crippen LogP contribution < -0.4 is 10.1 Å². The van der Waals surface area contributed by atoms with Crippen LogP contribution in [0, 0.1) is 0 Å². The minimum atomic E-state index is -0.418. The van der Waals surface area contributed by atoms with E-state index in [2.05, 4.69) is 10.3 Å². The van der Waals surface area contributed by atoms with Gasteiger partial charge in [0.1, 0.15) is 12.4 Å². The molecule has 5 nitrogen and oxygen atoms in total. The third-order valence-electron chi connectivity index (χ3n) is 4.48. The topological polar surface area (TPSA) is 67.8 Å². The van der Waals surface area contributed by atoms with Gasteiger partial charge in [-0.25, -0.2) is 0 Å². The van der Waals surface area contributed by atoms with Gasteiger partial charge < -0.3 is 10.1 Å². The molecule has 1 fully saturated rings. The highest BCUT2D eigenvalue weighted by Crippen LogP contribution is 2.30. The zero-order valence-electron chi connectivity index (χ0n) is 16.5. The summed E-state index contributed by atoms with van der Waals surface area (Å²) in [5.41, 5.74) is 1.96. The molecule has 4 rings (SSSR count). The highest BCUT2D eigenvalue weighted by molar-refractivity contribution is 8.18. The van der Waals surface area contributed by atoms with Crippen molar-refractivity contribution in [3.8, 4) is 5.75 Å². The van der Waals surface area contributed by atoms with Crippen LogP contribution in [0.25, 0.3) is 6.08 Å². The van der Waals surface area contributed by atoms with Gasteiger partial charge in [0.25, 0.3) is 11.8 Å². The first-order valence-electron chi connectivity index (χ1n) is 9.54. The van der Waals surface area contributed by atoms with Gasteiger partial charge in [0.2, 0.25) is 0 Å². The maximum atomic E-state index is 12.4. The third-order valence-corrected chi connectivity index (χ3v) is 5.98. The zero-order chi connectivity index (χ0) is 22.5. The molecule has 160 valence electrons. The number of carbonyl (C=O) groups excluding carboxylic acids is 2. The van der Waals surface area contributed by atoms with Gasteiger partial charge in [-0.15, -0.1) is 0 Å². The van der Waals surface area contributed by atoms with Gasteiger partial charge in [-0.1, -0.05) is 65.7 Å². The molecule has 0 bridgehead atoms. The summed E-state index contributed by atoms with van der Waals surface area (Å²) in [6.07, 6.45) is 1.70. The number of halogens is 2. The number of benzene rings is 3. The number of para-hydroxylation sites is 1.